The van der Waals surface area contributed by atoms with E-state index in [4.69, 9.17) is 0 Å². The Kier molecular flexibility index (Phi) is 5.42. The molecule has 0 aliphatic carbocycles. The van der Waals surface area contributed by atoms with Gasteiger partial charge in [0.2, 0.25) is 5.91 Å². The summed E-state index contributed by atoms with van der Waals surface area (Å²) in [4.78, 5) is 14.6. The molecule has 0 bridgehead atoms. The molecular formula is C18H23FN4OS. The molecule has 1 amide bonds. The number of hydrogen-bond donors (Lipinski definition) is 0. The number of halogens is 1. The molecule has 0 radical (unpaired) electrons. The van der Waals surface area contributed by atoms with E-state index in [9.17, 15) is 9.18 Å². The van der Waals surface area contributed by atoms with E-state index in [1.54, 1.807) is 29.8 Å². The molecule has 1 aromatic heterocycles. The number of amides is 1. The Morgan fingerprint density at radius 1 is 1.24 bits per heavy atom. The smallest absolute Gasteiger partial charge is 0.233 e. The van der Waals surface area contributed by atoms with Crippen LogP contribution < -0.4 is 0 Å². The van der Waals surface area contributed by atoms with Gasteiger partial charge in [-0.3, -0.25) is 4.79 Å². The van der Waals surface area contributed by atoms with E-state index < -0.39 is 0 Å². The van der Waals surface area contributed by atoms with Crippen molar-refractivity contribution in [1.29, 1.82) is 0 Å². The maximum atomic E-state index is 14.0. The highest BCUT2D eigenvalue weighted by Crippen LogP contribution is 2.27. The van der Waals surface area contributed by atoms with Crippen LogP contribution in [-0.4, -0.2) is 43.4 Å². The van der Waals surface area contributed by atoms with Crippen molar-refractivity contribution in [3.8, 4) is 11.4 Å². The van der Waals surface area contributed by atoms with E-state index in [0.717, 1.165) is 12.8 Å². The Balaban J connectivity index is 1.70. The molecule has 3 rings (SSSR count). The third-order valence-electron chi connectivity index (χ3n) is 4.76. The van der Waals surface area contributed by atoms with Gasteiger partial charge in [0.05, 0.1) is 11.3 Å². The van der Waals surface area contributed by atoms with Crippen molar-refractivity contribution in [2.75, 3.05) is 5.75 Å². The Labute approximate surface area is 151 Å². The van der Waals surface area contributed by atoms with Crippen LogP contribution in [0.2, 0.25) is 0 Å². The monoisotopic (exact) mass is 362 g/mol. The van der Waals surface area contributed by atoms with Crippen molar-refractivity contribution in [1.82, 2.24) is 19.7 Å². The number of rotatable bonds is 4. The van der Waals surface area contributed by atoms with Gasteiger partial charge < -0.3 is 9.47 Å². The Morgan fingerprint density at radius 3 is 2.60 bits per heavy atom. The molecule has 2 atom stereocenters. The van der Waals surface area contributed by atoms with Gasteiger partial charge in [-0.05, 0) is 45.2 Å². The molecule has 2 aromatic rings. The number of hydrogen-bond acceptors (Lipinski definition) is 4. The summed E-state index contributed by atoms with van der Waals surface area (Å²) < 4.78 is 15.7. The van der Waals surface area contributed by atoms with Crippen LogP contribution in [0.3, 0.4) is 0 Å². The zero-order valence-electron chi connectivity index (χ0n) is 14.8. The molecule has 0 saturated carbocycles. The minimum Gasteiger partial charge on any atom is -0.337 e. The molecule has 0 unspecified atom stereocenters. The van der Waals surface area contributed by atoms with Crippen LogP contribution in [-0.2, 0) is 11.8 Å². The molecule has 1 saturated heterocycles. The van der Waals surface area contributed by atoms with Crippen molar-refractivity contribution in [2.24, 2.45) is 7.05 Å². The molecule has 5 nitrogen and oxygen atoms in total. The number of nitrogens with zero attached hydrogens (tertiary/aromatic N) is 4. The number of likely N-dealkylation sites (tertiary alicyclic amines) is 1. The highest BCUT2D eigenvalue weighted by atomic mass is 32.2. The van der Waals surface area contributed by atoms with Gasteiger partial charge in [-0.15, -0.1) is 10.2 Å². The molecule has 1 aliphatic rings. The zero-order chi connectivity index (χ0) is 18.0. The van der Waals surface area contributed by atoms with Gasteiger partial charge in [0, 0.05) is 19.1 Å². The van der Waals surface area contributed by atoms with Crippen molar-refractivity contribution < 1.29 is 9.18 Å². The minimum atomic E-state index is -0.332. The van der Waals surface area contributed by atoms with Crippen LogP contribution in [0.1, 0.15) is 33.1 Å². The summed E-state index contributed by atoms with van der Waals surface area (Å²) in [5.74, 6) is 0.576. The Bertz CT molecular complexity index is 753. The quantitative estimate of drug-likeness (QED) is 0.781. The van der Waals surface area contributed by atoms with Gasteiger partial charge in [0.1, 0.15) is 5.82 Å². The van der Waals surface area contributed by atoms with E-state index in [0.29, 0.717) is 22.3 Å². The second-order valence-corrected chi connectivity index (χ2v) is 7.51. The fourth-order valence-corrected chi connectivity index (χ4v) is 4.21. The molecule has 134 valence electrons. The number of carbonyl (C=O) groups excluding carboxylic acids is 1. The van der Waals surface area contributed by atoms with E-state index in [1.165, 1.54) is 24.2 Å². The predicted octanol–water partition coefficient (Wildman–Crippen LogP) is 3.50. The van der Waals surface area contributed by atoms with Crippen molar-refractivity contribution in [3.05, 3.63) is 30.1 Å². The molecule has 1 aromatic carbocycles. The number of benzene rings is 1. The van der Waals surface area contributed by atoms with Crippen molar-refractivity contribution in [3.63, 3.8) is 0 Å². The number of carbonyl (C=O) groups is 1. The lowest BCUT2D eigenvalue weighted by Gasteiger charge is -2.39. The largest absolute Gasteiger partial charge is 0.337 e. The molecule has 1 aliphatic heterocycles. The molecule has 2 heterocycles. The van der Waals surface area contributed by atoms with Gasteiger partial charge >= 0.3 is 0 Å². The van der Waals surface area contributed by atoms with Gasteiger partial charge in [-0.25, -0.2) is 4.39 Å². The van der Waals surface area contributed by atoms with Gasteiger partial charge in [-0.2, -0.15) is 0 Å². The number of thioether (sulfide) groups is 1. The van der Waals surface area contributed by atoms with Crippen LogP contribution in [0.4, 0.5) is 4.39 Å². The highest BCUT2D eigenvalue weighted by molar-refractivity contribution is 7.99. The first-order chi connectivity index (χ1) is 12.0. The second kappa shape index (κ2) is 7.56. The molecule has 7 heteroatoms. The summed E-state index contributed by atoms with van der Waals surface area (Å²) in [5, 5.41) is 8.84. The first kappa shape index (κ1) is 17.9. The van der Waals surface area contributed by atoms with E-state index in [1.807, 2.05) is 4.90 Å². The summed E-state index contributed by atoms with van der Waals surface area (Å²) in [6, 6.07) is 7.05. The summed E-state index contributed by atoms with van der Waals surface area (Å²) in [5.41, 5.74) is 0.411. The maximum Gasteiger partial charge on any atom is 0.233 e. The topological polar surface area (TPSA) is 51.0 Å². The lowest BCUT2D eigenvalue weighted by molar-refractivity contribution is -0.134. The van der Waals surface area contributed by atoms with Crippen LogP contribution in [0.25, 0.3) is 11.4 Å². The number of piperidine rings is 1. The SMILES string of the molecule is C[C@@H]1CCC[C@@H](C)N1C(=O)CSc1nnc(-c2ccccc2F)n1C. The van der Waals surface area contributed by atoms with E-state index in [2.05, 4.69) is 24.0 Å². The standard InChI is InChI=1S/C18H23FN4OS/c1-12-7-6-8-13(2)23(12)16(24)11-25-18-21-20-17(22(18)3)14-9-4-5-10-15(14)19/h4-5,9-10,12-13H,6-8,11H2,1-3H3/t12-,13-/m1/s1. The van der Waals surface area contributed by atoms with Gasteiger partial charge in [0.15, 0.2) is 11.0 Å². The normalized spacial score (nSPS) is 20.7. The first-order valence-electron chi connectivity index (χ1n) is 8.57. The lowest BCUT2D eigenvalue weighted by Crippen LogP contribution is -2.48. The van der Waals surface area contributed by atoms with Crippen molar-refractivity contribution in [2.45, 2.75) is 50.4 Å². The van der Waals surface area contributed by atoms with Crippen LogP contribution >= 0.6 is 11.8 Å². The molecule has 1 fully saturated rings. The zero-order valence-corrected chi connectivity index (χ0v) is 15.6. The van der Waals surface area contributed by atoms with Crippen LogP contribution in [0, 0.1) is 5.82 Å². The molecular weight excluding hydrogens is 339 g/mol. The van der Waals surface area contributed by atoms with Gasteiger partial charge in [0.25, 0.3) is 0 Å². The molecule has 0 N–H and O–H groups in total. The van der Waals surface area contributed by atoms with Crippen LogP contribution in [0.5, 0.6) is 0 Å². The fraction of sp³-hybridized carbons (Fsp3) is 0.500. The Morgan fingerprint density at radius 2 is 1.92 bits per heavy atom. The minimum absolute atomic E-state index is 0.125. The third kappa shape index (κ3) is 3.71. The van der Waals surface area contributed by atoms with E-state index >= 15 is 0 Å². The summed E-state index contributed by atoms with van der Waals surface area (Å²) >= 11 is 1.35. The first-order valence-corrected chi connectivity index (χ1v) is 9.56. The summed E-state index contributed by atoms with van der Waals surface area (Å²) in [6.07, 6.45) is 3.29. The second-order valence-electron chi connectivity index (χ2n) is 6.56. The molecule has 25 heavy (non-hydrogen) atoms. The van der Waals surface area contributed by atoms with E-state index in [-0.39, 0.29) is 23.8 Å². The highest BCUT2D eigenvalue weighted by Gasteiger charge is 2.29. The Hall–Kier alpha value is -1.89. The summed E-state index contributed by atoms with van der Waals surface area (Å²) in [6.45, 7) is 4.22. The predicted molar refractivity (Wildman–Crippen MR) is 96.7 cm³/mol. The third-order valence-corrected chi connectivity index (χ3v) is 5.76. The average molecular weight is 362 g/mol. The fourth-order valence-electron chi connectivity index (χ4n) is 3.43. The average Bonchev–Trinajstić information content (AvgIpc) is 2.94. The van der Waals surface area contributed by atoms with Crippen molar-refractivity contribution >= 4 is 17.7 Å². The van der Waals surface area contributed by atoms with Crippen LogP contribution in [0.15, 0.2) is 29.4 Å². The summed E-state index contributed by atoms with van der Waals surface area (Å²) in [7, 11) is 1.79. The molecule has 0 spiro atoms. The maximum absolute atomic E-state index is 14.0. The van der Waals surface area contributed by atoms with Gasteiger partial charge in [-0.1, -0.05) is 23.9 Å². The number of aromatic nitrogens is 3. The lowest BCUT2D eigenvalue weighted by atomic mass is 9.98.